The molecule has 4 nitrogen and oxygen atoms in total. The Morgan fingerprint density at radius 2 is 1.96 bits per heavy atom. The Kier molecular flexibility index (Phi) is 5.08. The van der Waals surface area contributed by atoms with Gasteiger partial charge >= 0.3 is 0 Å². The van der Waals surface area contributed by atoms with Gasteiger partial charge in [0.05, 0.1) is 6.61 Å². The van der Waals surface area contributed by atoms with Crippen molar-refractivity contribution in [1.29, 1.82) is 0 Å². The van der Waals surface area contributed by atoms with Crippen LogP contribution in [0.2, 0.25) is 0 Å². The lowest BCUT2D eigenvalue weighted by atomic mass is 9.97. The third kappa shape index (κ3) is 4.20. The number of hydrogen-bond donors (Lipinski definition) is 1. The van der Waals surface area contributed by atoms with E-state index in [1.165, 1.54) is 6.07 Å². The number of benzene rings is 1. The fourth-order valence-electron chi connectivity index (χ4n) is 2.90. The number of hydrogen-bond acceptors (Lipinski definition) is 3. The molecule has 0 atom stereocenters. The summed E-state index contributed by atoms with van der Waals surface area (Å²) in [7, 11) is 0. The number of piperidine rings is 1. The first-order valence-corrected chi connectivity index (χ1v) is 7.98. The quantitative estimate of drug-likeness (QED) is 0.922. The minimum absolute atomic E-state index is 0.0162. The fraction of sp³-hybridized carbons (Fsp3) is 0.389. The van der Waals surface area contributed by atoms with E-state index in [-0.39, 0.29) is 11.4 Å². The number of pyridine rings is 1. The molecule has 0 saturated carbocycles. The highest BCUT2D eigenvalue weighted by molar-refractivity contribution is 5.23. The molecule has 0 bridgehead atoms. The first kappa shape index (κ1) is 15.7. The lowest BCUT2D eigenvalue weighted by Crippen LogP contribution is -2.36. The number of H-pyrrole nitrogens is 1. The molecular weight excluding hydrogens is 295 g/mol. The number of halogens is 1. The molecule has 0 amide bonds. The van der Waals surface area contributed by atoms with E-state index >= 15 is 0 Å². The SMILES string of the molecule is O=c1[nH]cccc1CN1CCC(COc2ccccc2F)CC1. The number of aromatic amines is 1. The Hall–Kier alpha value is -2.14. The van der Waals surface area contributed by atoms with Crippen LogP contribution < -0.4 is 10.3 Å². The summed E-state index contributed by atoms with van der Waals surface area (Å²) in [6.07, 6.45) is 3.65. The van der Waals surface area contributed by atoms with Crippen molar-refractivity contribution in [2.45, 2.75) is 19.4 Å². The van der Waals surface area contributed by atoms with Crippen LogP contribution in [0.5, 0.6) is 5.75 Å². The predicted octanol–water partition coefficient (Wildman–Crippen LogP) is 2.81. The molecule has 1 aliphatic heterocycles. The highest BCUT2D eigenvalue weighted by Crippen LogP contribution is 2.21. The zero-order valence-corrected chi connectivity index (χ0v) is 13.0. The Morgan fingerprint density at radius 1 is 1.17 bits per heavy atom. The van der Waals surface area contributed by atoms with Crippen LogP contribution in [0.3, 0.4) is 0 Å². The average molecular weight is 316 g/mol. The lowest BCUT2D eigenvalue weighted by Gasteiger charge is -2.31. The maximum atomic E-state index is 13.5. The summed E-state index contributed by atoms with van der Waals surface area (Å²) in [6, 6.07) is 10.2. The number of rotatable bonds is 5. The van der Waals surface area contributed by atoms with Crippen LogP contribution in [0.1, 0.15) is 18.4 Å². The number of para-hydroxylation sites is 1. The number of nitrogens with one attached hydrogen (secondary N) is 1. The van der Waals surface area contributed by atoms with E-state index in [0.717, 1.165) is 31.5 Å². The minimum atomic E-state index is -0.312. The van der Waals surface area contributed by atoms with Crippen LogP contribution in [-0.2, 0) is 6.54 Å². The van der Waals surface area contributed by atoms with Gasteiger partial charge in [0, 0.05) is 18.3 Å². The third-order valence-corrected chi connectivity index (χ3v) is 4.31. The molecule has 1 aromatic carbocycles. The van der Waals surface area contributed by atoms with Gasteiger partial charge in [0.25, 0.3) is 5.56 Å². The van der Waals surface area contributed by atoms with E-state index in [2.05, 4.69) is 9.88 Å². The molecule has 0 unspecified atom stereocenters. The fourth-order valence-corrected chi connectivity index (χ4v) is 2.90. The van der Waals surface area contributed by atoms with Crippen molar-refractivity contribution < 1.29 is 9.13 Å². The van der Waals surface area contributed by atoms with Crippen molar-refractivity contribution in [1.82, 2.24) is 9.88 Å². The first-order valence-electron chi connectivity index (χ1n) is 7.98. The molecule has 2 heterocycles. The van der Waals surface area contributed by atoms with E-state index in [4.69, 9.17) is 4.74 Å². The molecule has 5 heteroatoms. The Labute approximate surface area is 134 Å². The second-order valence-electron chi connectivity index (χ2n) is 5.99. The van der Waals surface area contributed by atoms with Crippen LogP contribution in [0.25, 0.3) is 0 Å². The zero-order valence-electron chi connectivity index (χ0n) is 13.0. The summed E-state index contributed by atoms with van der Waals surface area (Å²) in [4.78, 5) is 16.7. The summed E-state index contributed by atoms with van der Waals surface area (Å²) in [5, 5.41) is 0. The van der Waals surface area contributed by atoms with Crippen molar-refractivity contribution in [3.63, 3.8) is 0 Å². The van der Waals surface area contributed by atoms with Crippen LogP contribution in [-0.4, -0.2) is 29.6 Å². The van der Waals surface area contributed by atoms with Gasteiger partial charge in [0.1, 0.15) is 0 Å². The van der Waals surface area contributed by atoms with E-state index in [1.54, 1.807) is 24.4 Å². The molecule has 1 N–H and O–H groups in total. The molecule has 0 radical (unpaired) electrons. The van der Waals surface area contributed by atoms with Gasteiger partial charge in [-0.05, 0) is 50.0 Å². The molecule has 1 aliphatic rings. The highest BCUT2D eigenvalue weighted by atomic mass is 19.1. The normalized spacial score (nSPS) is 16.4. The number of ether oxygens (including phenoxy) is 1. The summed E-state index contributed by atoms with van der Waals surface area (Å²) in [5.41, 5.74) is 0.783. The molecule has 0 spiro atoms. The molecule has 1 aromatic heterocycles. The van der Waals surface area contributed by atoms with Gasteiger partial charge in [-0.2, -0.15) is 0 Å². The van der Waals surface area contributed by atoms with Crippen LogP contribution in [0.15, 0.2) is 47.4 Å². The van der Waals surface area contributed by atoms with Crippen molar-refractivity contribution in [3.8, 4) is 5.75 Å². The largest absolute Gasteiger partial charge is 0.490 e. The number of likely N-dealkylation sites (tertiary alicyclic amines) is 1. The van der Waals surface area contributed by atoms with Crippen LogP contribution >= 0.6 is 0 Å². The van der Waals surface area contributed by atoms with E-state index < -0.39 is 0 Å². The second-order valence-corrected chi connectivity index (χ2v) is 5.99. The van der Waals surface area contributed by atoms with Gasteiger partial charge < -0.3 is 9.72 Å². The van der Waals surface area contributed by atoms with Crippen molar-refractivity contribution in [3.05, 3.63) is 64.3 Å². The monoisotopic (exact) mass is 316 g/mol. The van der Waals surface area contributed by atoms with E-state index in [9.17, 15) is 9.18 Å². The molecule has 2 aromatic rings. The topological polar surface area (TPSA) is 45.3 Å². The van der Waals surface area contributed by atoms with Gasteiger partial charge in [-0.25, -0.2) is 4.39 Å². The standard InChI is InChI=1S/C18H21FN2O2/c19-16-5-1-2-6-17(16)23-13-14-7-10-21(11-8-14)12-15-4-3-9-20-18(15)22/h1-6,9,14H,7-8,10-13H2,(H,20,22). The zero-order chi connectivity index (χ0) is 16.1. The van der Waals surface area contributed by atoms with Gasteiger partial charge in [-0.3, -0.25) is 9.69 Å². The highest BCUT2D eigenvalue weighted by Gasteiger charge is 2.20. The molecule has 1 fully saturated rings. The molecule has 3 rings (SSSR count). The predicted molar refractivity (Wildman–Crippen MR) is 87.0 cm³/mol. The number of nitrogens with zero attached hydrogens (tertiary/aromatic N) is 1. The Balaban J connectivity index is 1.46. The molecular formula is C18H21FN2O2. The van der Waals surface area contributed by atoms with Gasteiger partial charge in [-0.15, -0.1) is 0 Å². The number of aromatic nitrogens is 1. The first-order chi connectivity index (χ1) is 11.2. The van der Waals surface area contributed by atoms with Crippen molar-refractivity contribution >= 4 is 0 Å². The van der Waals surface area contributed by atoms with Gasteiger partial charge in [0.15, 0.2) is 11.6 Å². The van der Waals surface area contributed by atoms with Gasteiger partial charge in [0.2, 0.25) is 0 Å². The third-order valence-electron chi connectivity index (χ3n) is 4.31. The van der Waals surface area contributed by atoms with Crippen LogP contribution in [0.4, 0.5) is 4.39 Å². The minimum Gasteiger partial charge on any atom is -0.490 e. The van der Waals surface area contributed by atoms with Crippen LogP contribution in [0, 0.1) is 11.7 Å². The van der Waals surface area contributed by atoms with Crippen molar-refractivity contribution in [2.24, 2.45) is 5.92 Å². The van der Waals surface area contributed by atoms with E-state index in [1.807, 2.05) is 12.1 Å². The maximum Gasteiger partial charge on any atom is 0.252 e. The lowest BCUT2D eigenvalue weighted by molar-refractivity contribution is 0.134. The smallest absolute Gasteiger partial charge is 0.252 e. The Bertz CT molecular complexity index is 693. The van der Waals surface area contributed by atoms with Gasteiger partial charge in [-0.1, -0.05) is 18.2 Å². The Morgan fingerprint density at radius 3 is 2.70 bits per heavy atom. The summed E-state index contributed by atoms with van der Waals surface area (Å²) >= 11 is 0. The summed E-state index contributed by atoms with van der Waals surface area (Å²) < 4.78 is 19.1. The molecule has 0 aliphatic carbocycles. The summed E-state index contributed by atoms with van der Waals surface area (Å²) in [5.74, 6) is 0.443. The van der Waals surface area contributed by atoms with Crippen molar-refractivity contribution in [2.75, 3.05) is 19.7 Å². The van der Waals surface area contributed by atoms with E-state index in [0.29, 0.717) is 24.8 Å². The maximum absolute atomic E-state index is 13.5. The molecule has 122 valence electrons. The molecule has 1 saturated heterocycles. The summed E-state index contributed by atoms with van der Waals surface area (Å²) in [6.45, 7) is 3.08. The average Bonchev–Trinajstić information content (AvgIpc) is 2.57. The second kappa shape index (κ2) is 7.42. The molecule has 23 heavy (non-hydrogen) atoms.